The molecule has 3 rings (SSSR count). The van der Waals surface area contributed by atoms with Gasteiger partial charge in [0.25, 0.3) is 0 Å². The van der Waals surface area contributed by atoms with Crippen LogP contribution in [0.4, 0.5) is 0 Å². The quantitative estimate of drug-likeness (QED) is 0.291. The van der Waals surface area contributed by atoms with Crippen LogP contribution in [0.1, 0.15) is 41.3 Å². The maximum atomic E-state index is 6.20. The molecule has 1 saturated heterocycles. The number of ether oxygens (including phenoxy) is 3. The zero-order valence-electron chi connectivity index (χ0n) is 19.7. The van der Waals surface area contributed by atoms with E-state index in [2.05, 4.69) is 47.7 Å². The van der Waals surface area contributed by atoms with E-state index in [0.717, 1.165) is 59.4 Å². The highest BCUT2D eigenvalue weighted by molar-refractivity contribution is 14.0. The van der Waals surface area contributed by atoms with E-state index in [9.17, 15) is 0 Å². The highest BCUT2D eigenvalue weighted by Gasteiger charge is 2.18. The Bertz CT molecular complexity index is 914. The van der Waals surface area contributed by atoms with Crippen LogP contribution in [0, 0.1) is 20.8 Å². The molecule has 1 fully saturated rings. The Balaban J connectivity index is 0.00000363. The molecule has 1 aliphatic heterocycles. The fraction of sp³-hybridized carbons (Fsp3) is 0.500. The molecule has 0 aliphatic carbocycles. The number of rotatable bonds is 8. The topological polar surface area (TPSA) is 77.0 Å². The van der Waals surface area contributed by atoms with Crippen LogP contribution in [0.2, 0.25) is 0 Å². The van der Waals surface area contributed by atoms with Crippen molar-refractivity contribution in [3.63, 3.8) is 0 Å². The van der Waals surface area contributed by atoms with E-state index >= 15 is 0 Å². The lowest BCUT2D eigenvalue weighted by molar-refractivity contribution is 0.140. The van der Waals surface area contributed by atoms with Crippen LogP contribution in [0.25, 0.3) is 0 Å². The van der Waals surface area contributed by atoms with Crippen molar-refractivity contribution in [2.45, 2.75) is 53.3 Å². The molecule has 2 aromatic rings. The van der Waals surface area contributed by atoms with Gasteiger partial charge in [-0.2, -0.15) is 0 Å². The summed E-state index contributed by atoms with van der Waals surface area (Å²) in [4.78, 5) is 9.34. The van der Waals surface area contributed by atoms with Crippen LogP contribution in [0.5, 0.6) is 11.5 Å². The third-order valence-corrected chi connectivity index (χ3v) is 5.33. The maximum Gasteiger partial charge on any atom is 0.191 e. The molecular weight excluding hydrogens is 519 g/mol. The van der Waals surface area contributed by atoms with E-state index in [1.807, 2.05) is 20.0 Å². The molecule has 1 aromatic heterocycles. The zero-order chi connectivity index (χ0) is 22.2. The fourth-order valence-electron chi connectivity index (χ4n) is 3.61. The second kappa shape index (κ2) is 12.8. The number of aliphatic imine (C=N–C) groups is 1. The van der Waals surface area contributed by atoms with Crippen molar-refractivity contribution < 1.29 is 14.2 Å². The molecule has 1 aromatic carbocycles. The molecule has 1 atom stereocenters. The van der Waals surface area contributed by atoms with Gasteiger partial charge < -0.3 is 24.8 Å². The average molecular weight is 554 g/mol. The Hall–Kier alpha value is -2.07. The van der Waals surface area contributed by atoms with E-state index in [-0.39, 0.29) is 30.1 Å². The molecular formula is C24H35IN4O3. The molecule has 0 radical (unpaired) electrons. The molecule has 176 valence electrons. The molecule has 1 aliphatic rings. The molecule has 2 N–H and O–H groups in total. The number of aryl methyl sites for hydroxylation is 2. The van der Waals surface area contributed by atoms with Crippen LogP contribution in [-0.4, -0.2) is 43.9 Å². The number of aromatic nitrogens is 1. The van der Waals surface area contributed by atoms with Gasteiger partial charge in [0.05, 0.1) is 39.1 Å². The highest BCUT2D eigenvalue weighted by Crippen LogP contribution is 2.25. The van der Waals surface area contributed by atoms with Gasteiger partial charge in [0.1, 0.15) is 17.6 Å². The molecule has 32 heavy (non-hydrogen) atoms. The third-order valence-electron chi connectivity index (χ3n) is 5.33. The van der Waals surface area contributed by atoms with Crippen molar-refractivity contribution in [3.05, 3.63) is 52.3 Å². The molecule has 1 unspecified atom stereocenters. The Morgan fingerprint density at radius 2 is 2.06 bits per heavy atom. The van der Waals surface area contributed by atoms with Crippen molar-refractivity contribution in [1.82, 2.24) is 15.6 Å². The van der Waals surface area contributed by atoms with Gasteiger partial charge in [-0.15, -0.1) is 24.0 Å². The summed E-state index contributed by atoms with van der Waals surface area (Å²) in [5.74, 6) is 2.50. The standard InChI is InChI=1S/C24H34N4O3.HI/c1-6-25-24(28-14-21-18(4)23(29-5)17(3)12-26-21)27-13-19-8-7-16(2)11-22(19)31-20-9-10-30-15-20;/h7-8,11-12,20H,6,9-10,13-15H2,1-5H3,(H2,25,27,28);1H. The monoisotopic (exact) mass is 554 g/mol. The van der Waals surface area contributed by atoms with Crippen LogP contribution >= 0.6 is 24.0 Å². The molecule has 0 amide bonds. The number of benzene rings is 1. The van der Waals surface area contributed by atoms with E-state index in [1.165, 1.54) is 5.56 Å². The number of guanidine groups is 1. The molecule has 0 bridgehead atoms. The fourth-order valence-corrected chi connectivity index (χ4v) is 3.61. The van der Waals surface area contributed by atoms with E-state index < -0.39 is 0 Å². The number of halogens is 1. The largest absolute Gasteiger partial charge is 0.496 e. The first-order valence-corrected chi connectivity index (χ1v) is 10.9. The Labute approximate surface area is 208 Å². The van der Waals surface area contributed by atoms with Crippen molar-refractivity contribution in [1.29, 1.82) is 0 Å². The summed E-state index contributed by atoms with van der Waals surface area (Å²) >= 11 is 0. The summed E-state index contributed by atoms with van der Waals surface area (Å²) in [7, 11) is 1.69. The first-order valence-electron chi connectivity index (χ1n) is 10.9. The zero-order valence-corrected chi connectivity index (χ0v) is 22.0. The molecule has 8 heteroatoms. The number of nitrogens with one attached hydrogen (secondary N) is 2. The smallest absolute Gasteiger partial charge is 0.191 e. The summed E-state index contributed by atoms with van der Waals surface area (Å²) < 4.78 is 17.2. The number of pyridine rings is 1. The van der Waals surface area contributed by atoms with Gasteiger partial charge in [-0.1, -0.05) is 12.1 Å². The van der Waals surface area contributed by atoms with Crippen LogP contribution < -0.4 is 20.1 Å². The molecule has 0 saturated carbocycles. The average Bonchev–Trinajstić information content (AvgIpc) is 3.26. The van der Waals surface area contributed by atoms with Crippen molar-refractivity contribution in [3.8, 4) is 11.5 Å². The second-order valence-corrected chi connectivity index (χ2v) is 7.81. The number of nitrogens with zero attached hydrogens (tertiary/aromatic N) is 2. The highest BCUT2D eigenvalue weighted by atomic mass is 127. The van der Waals surface area contributed by atoms with Gasteiger partial charge >= 0.3 is 0 Å². The van der Waals surface area contributed by atoms with Gasteiger partial charge in [-0.05, 0) is 39.3 Å². The molecule has 0 spiro atoms. The van der Waals surface area contributed by atoms with E-state index in [1.54, 1.807) is 7.11 Å². The Morgan fingerprint density at radius 1 is 1.25 bits per heavy atom. The van der Waals surface area contributed by atoms with Crippen molar-refractivity contribution in [2.75, 3.05) is 26.9 Å². The second-order valence-electron chi connectivity index (χ2n) is 7.81. The maximum absolute atomic E-state index is 6.20. The number of hydrogen-bond acceptors (Lipinski definition) is 5. The SMILES string of the molecule is CCNC(=NCc1ccc(C)cc1OC1CCOC1)NCc1ncc(C)c(OC)c1C.I. The summed E-state index contributed by atoms with van der Waals surface area (Å²) in [6, 6.07) is 6.26. The third kappa shape index (κ3) is 6.96. The summed E-state index contributed by atoms with van der Waals surface area (Å²) in [6.45, 7) is 11.4. The van der Waals surface area contributed by atoms with Gasteiger partial charge in [-0.3, -0.25) is 4.98 Å². The van der Waals surface area contributed by atoms with Gasteiger partial charge in [-0.25, -0.2) is 4.99 Å². The normalized spacial score (nSPS) is 15.8. The van der Waals surface area contributed by atoms with Gasteiger partial charge in [0.15, 0.2) is 5.96 Å². The number of methoxy groups -OCH3 is 1. The minimum absolute atomic E-state index is 0. The Morgan fingerprint density at radius 3 is 2.75 bits per heavy atom. The van der Waals surface area contributed by atoms with Crippen LogP contribution in [0.15, 0.2) is 29.4 Å². The molecule has 2 heterocycles. The summed E-state index contributed by atoms with van der Waals surface area (Å²) in [5.41, 5.74) is 5.24. The lowest BCUT2D eigenvalue weighted by Gasteiger charge is -2.17. The van der Waals surface area contributed by atoms with Crippen LogP contribution in [-0.2, 0) is 17.8 Å². The van der Waals surface area contributed by atoms with Crippen molar-refractivity contribution >= 4 is 29.9 Å². The minimum Gasteiger partial charge on any atom is -0.496 e. The minimum atomic E-state index is 0. The van der Waals surface area contributed by atoms with E-state index in [0.29, 0.717) is 19.7 Å². The van der Waals surface area contributed by atoms with Crippen LogP contribution in [0.3, 0.4) is 0 Å². The summed E-state index contributed by atoms with van der Waals surface area (Å²) in [6.07, 6.45) is 2.88. The predicted molar refractivity (Wildman–Crippen MR) is 138 cm³/mol. The lowest BCUT2D eigenvalue weighted by Crippen LogP contribution is -2.37. The van der Waals surface area contributed by atoms with Crippen molar-refractivity contribution in [2.24, 2.45) is 4.99 Å². The van der Waals surface area contributed by atoms with Gasteiger partial charge in [0.2, 0.25) is 0 Å². The number of hydrogen-bond donors (Lipinski definition) is 2. The first-order chi connectivity index (χ1) is 15.0. The summed E-state index contributed by atoms with van der Waals surface area (Å²) in [5, 5.41) is 6.69. The lowest BCUT2D eigenvalue weighted by atomic mass is 10.1. The Kier molecular flexibility index (Phi) is 10.5. The first kappa shape index (κ1) is 26.2. The van der Waals surface area contributed by atoms with Gasteiger partial charge in [0, 0.05) is 35.9 Å². The predicted octanol–water partition coefficient (Wildman–Crippen LogP) is 4.06. The molecule has 7 nitrogen and oxygen atoms in total. The van der Waals surface area contributed by atoms with E-state index in [4.69, 9.17) is 19.2 Å².